The second-order valence-corrected chi connectivity index (χ2v) is 6.66. The lowest BCUT2D eigenvalue weighted by Gasteiger charge is -2.12. The molecule has 0 aliphatic heterocycles. The average molecular weight is 446 g/mol. The Morgan fingerprint density at radius 1 is 1.03 bits per heavy atom. The van der Waals surface area contributed by atoms with E-state index in [9.17, 15) is 18.0 Å². The zero-order valence-corrected chi connectivity index (χ0v) is 17.2. The maximum absolute atomic E-state index is 12.8. The zero-order chi connectivity index (χ0) is 23.0. The van der Waals surface area contributed by atoms with Crippen LogP contribution in [-0.2, 0) is 22.6 Å². The molecule has 0 N–H and O–H groups in total. The Hall–Kier alpha value is -3.75. The van der Waals surface area contributed by atoms with Gasteiger partial charge in [0.2, 0.25) is 5.76 Å². The van der Waals surface area contributed by atoms with Crippen LogP contribution in [0.1, 0.15) is 28.4 Å². The van der Waals surface area contributed by atoms with Crippen LogP contribution < -0.4 is 4.74 Å². The Morgan fingerprint density at radius 3 is 2.41 bits per heavy atom. The van der Waals surface area contributed by atoms with E-state index in [1.807, 2.05) is 30.3 Å². The van der Waals surface area contributed by atoms with Crippen molar-refractivity contribution < 1.29 is 32.2 Å². The molecule has 0 aliphatic carbocycles. The summed E-state index contributed by atoms with van der Waals surface area (Å²) in [6.07, 6.45) is -1.10. The minimum atomic E-state index is -4.63. The van der Waals surface area contributed by atoms with Crippen LogP contribution in [0.2, 0.25) is 0 Å². The molecule has 6 nitrogen and oxygen atoms in total. The molecule has 0 unspecified atom stereocenters. The Labute approximate surface area is 182 Å². The van der Waals surface area contributed by atoms with Crippen molar-refractivity contribution in [3.05, 3.63) is 95.7 Å². The van der Waals surface area contributed by atoms with Crippen LogP contribution in [0, 0.1) is 0 Å². The predicted octanol–water partition coefficient (Wildman–Crippen LogP) is 5.11. The molecule has 0 radical (unpaired) electrons. The summed E-state index contributed by atoms with van der Waals surface area (Å²) in [5.41, 5.74) is 2.02. The van der Waals surface area contributed by atoms with Crippen LogP contribution in [0.4, 0.5) is 13.2 Å². The quantitative estimate of drug-likeness (QED) is 0.338. The van der Waals surface area contributed by atoms with Gasteiger partial charge in [-0.2, -0.15) is 18.3 Å². The molecule has 32 heavy (non-hydrogen) atoms. The molecule has 0 amide bonds. The first kappa shape index (κ1) is 22.9. The van der Waals surface area contributed by atoms with Crippen molar-refractivity contribution in [1.29, 1.82) is 0 Å². The number of hydrogen-bond acceptors (Lipinski definition) is 5. The molecule has 1 heterocycles. The molecular weight excluding hydrogens is 425 g/mol. The van der Waals surface area contributed by atoms with Crippen LogP contribution in [0.15, 0.2) is 79.0 Å². The normalized spacial score (nSPS) is 11.8. The van der Waals surface area contributed by atoms with Gasteiger partial charge < -0.3 is 14.2 Å². The summed E-state index contributed by atoms with van der Waals surface area (Å²) >= 11 is 0. The Morgan fingerprint density at radius 2 is 1.75 bits per heavy atom. The van der Waals surface area contributed by atoms with E-state index in [1.165, 1.54) is 25.3 Å². The number of aromatic nitrogens is 2. The van der Waals surface area contributed by atoms with E-state index in [4.69, 9.17) is 9.47 Å². The van der Waals surface area contributed by atoms with Crippen molar-refractivity contribution in [3.8, 4) is 5.75 Å². The number of ether oxygens (including phenoxy) is 3. The van der Waals surface area contributed by atoms with Crippen LogP contribution in [-0.4, -0.2) is 28.5 Å². The summed E-state index contributed by atoms with van der Waals surface area (Å²) in [7, 11) is 0. The Bertz CT molecular complexity index is 1050. The number of carbonyl (C=O) groups is 1. The summed E-state index contributed by atoms with van der Waals surface area (Å²) in [5, 5.41) is 4.15. The van der Waals surface area contributed by atoms with Crippen LogP contribution in [0.3, 0.4) is 0 Å². The first-order chi connectivity index (χ1) is 15.3. The minimum absolute atomic E-state index is 0.126. The fourth-order valence-corrected chi connectivity index (χ4v) is 2.68. The van der Waals surface area contributed by atoms with Gasteiger partial charge in [-0.05, 0) is 30.2 Å². The van der Waals surface area contributed by atoms with Crippen molar-refractivity contribution in [3.63, 3.8) is 0 Å². The van der Waals surface area contributed by atoms with Gasteiger partial charge in [0.1, 0.15) is 18.6 Å². The predicted molar refractivity (Wildman–Crippen MR) is 110 cm³/mol. The molecule has 0 saturated carbocycles. The Kier molecular flexibility index (Phi) is 7.54. The monoisotopic (exact) mass is 446 g/mol. The van der Waals surface area contributed by atoms with Crippen molar-refractivity contribution in [2.45, 2.75) is 26.3 Å². The second kappa shape index (κ2) is 10.5. The number of nitrogens with zero attached hydrogens (tertiary/aromatic N) is 2. The van der Waals surface area contributed by atoms with Crippen LogP contribution >= 0.6 is 0 Å². The fourth-order valence-electron chi connectivity index (χ4n) is 2.68. The highest BCUT2D eigenvalue weighted by molar-refractivity contribution is 5.88. The molecule has 1 aromatic heterocycles. The number of halogens is 3. The lowest BCUT2D eigenvalue weighted by Crippen LogP contribution is -2.15. The van der Waals surface area contributed by atoms with E-state index >= 15 is 0 Å². The summed E-state index contributed by atoms with van der Waals surface area (Å²) in [6.45, 7) is 1.85. The minimum Gasteiger partial charge on any atom is -0.487 e. The topological polar surface area (TPSA) is 62.6 Å². The number of alkyl halides is 3. The van der Waals surface area contributed by atoms with Gasteiger partial charge in [0.05, 0.1) is 24.9 Å². The molecule has 0 bridgehead atoms. The molecule has 9 heteroatoms. The van der Waals surface area contributed by atoms with E-state index in [0.29, 0.717) is 18.4 Å². The Balaban J connectivity index is 1.55. The number of allylic oxidation sites excluding steroid dienone is 1. The molecule has 0 aliphatic rings. The van der Waals surface area contributed by atoms with Gasteiger partial charge >= 0.3 is 12.1 Å². The van der Waals surface area contributed by atoms with E-state index in [2.05, 4.69) is 9.84 Å². The van der Waals surface area contributed by atoms with Gasteiger partial charge in [0, 0.05) is 6.20 Å². The van der Waals surface area contributed by atoms with Crippen molar-refractivity contribution in [2.75, 3.05) is 6.61 Å². The van der Waals surface area contributed by atoms with E-state index in [0.717, 1.165) is 11.1 Å². The standard InChI is InChI=1S/C23H21F3N2O4/c1-2-30-21(23(24,25)26)16-31-20-10-8-17(9-11-20)13-28-14-19(12-27-28)22(29)32-15-18-6-4-3-5-7-18/h3-12,14,16H,2,13,15H2,1H3/b21-16-. The number of benzene rings is 2. The average Bonchev–Trinajstić information content (AvgIpc) is 3.24. The number of rotatable bonds is 9. The highest BCUT2D eigenvalue weighted by atomic mass is 19.4. The van der Waals surface area contributed by atoms with Gasteiger partial charge in [0.15, 0.2) is 0 Å². The van der Waals surface area contributed by atoms with Crippen LogP contribution in [0.5, 0.6) is 5.75 Å². The first-order valence-electron chi connectivity index (χ1n) is 9.74. The lowest BCUT2D eigenvalue weighted by atomic mass is 10.2. The van der Waals surface area contributed by atoms with Crippen LogP contribution in [0.25, 0.3) is 0 Å². The second-order valence-electron chi connectivity index (χ2n) is 6.66. The molecule has 2 aromatic carbocycles. The van der Waals surface area contributed by atoms with Gasteiger partial charge in [-0.25, -0.2) is 4.79 Å². The van der Waals surface area contributed by atoms with Gasteiger partial charge in [-0.15, -0.1) is 0 Å². The SMILES string of the molecule is CCO/C(=C\Oc1ccc(Cn2cc(C(=O)OCc3ccccc3)cn2)cc1)C(F)(F)F. The fraction of sp³-hybridized carbons (Fsp3) is 0.217. The third kappa shape index (κ3) is 6.63. The number of esters is 1. The third-order valence-electron chi connectivity index (χ3n) is 4.23. The van der Waals surface area contributed by atoms with Gasteiger partial charge in [-0.1, -0.05) is 42.5 Å². The molecule has 0 saturated heterocycles. The highest BCUT2D eigenvalue weighted by Gasteiger charge is 2.36. The molecular formula is C23H21F3N2O4. The first-order valence-corrected chi connectivity index (χ1v) is 9.74. The van der Waals surface area contributed by atoms with E-state index in [-0.39, 0.29) is 19.0 Å². The molecule has 0 fully saturated rings. The lowest BCUT2D eigenvalue weighted by molar-refractivity contribution is -0.132. The van der Waals surface area contributed by atoms with Crippen molar-refractivity contribution >= 4 is 5.97 Å². The van der Waals surface area contributed by atoms with Gasteiger partial charge in [-0.3, -0.25) is 4.68 Å². The largest absolute Gasteiger partial charge is 0.487 e. The van der Waals surface area contributed by atoms with Gasteiger partial charge in [0.25, 0.3) is 0 Å². The highest BCUT2D eigenvalue weighted by Crippen LogP contribution is 2.27. The molecule has 0 spiro atoms. The molecule has 3 rings (SSSR count). The third-order valence-corrected chi connectivity index (χ3v) is 4.23. The smallest absolute Gasteiger partial charge is 0.452 e. The molecule has 3 aromatic rings. The number of carbonyl (C=O) groups excluding carboxylic acids is 1. The van der Waals surface area contributed by atoms with E-state index < -0.39 is 17.9 Å². The summed E-state index contributed by atoms with van der Waals surface area (Å²) in [5.74, 6) is -1.46. The number of hydrogen-bond donors (Lipinski definition) is 0. The maximum atomic E-state index is 12.8. The van der Waals surface area contributed by atoms with Crippen molar-refractivity contribution in [2.24, 2.45) is 0 Å². The van der Waals surface area contributed by atoms with Crippen molar-refractivity contribution in [1.82, 2.24) is 9.78 Å². The summed E-state index contributed by atoms with van der Waals surface area (Å²) in [6, 6.07) is 15.8. The maximum Gasteiger partial charge on any atom is 0.452 e. The zero-order valence-electron chi connectivity index (χ0n) is 17.2. The summed E-state index contributed by atoms with van der Waals surface area (Å²) < 4.78 is 54.8. The summed E-state index contributed by atoms with van der Waals surface area (Å²) in [4.78, 5) is 12.2. The van der Waals surface area contributed by atoms with E-state index in [1.54, 1.807) is 23.0 Å². The molecule has 0 atom stereocenters. The molecule has 168 valence electrons.